The van der Waals surface area contributed by atoms with Crippen molar-refractivity contribution in [1.29, 1.82) is 0 Å². The van der Waals surface area contributed by atoms with Gasteiger partial charge in [0.05, 0.1) is 6.61 Å². The van der Waals surface area contributed by atoms with Crippen molar-refractivity contribution in [3.05, 3.63) is 0 Å². The van der Waals surface area contributed by atoms with Gasteiger partial charge < -0.3 is 4.74 Å². The molecule has 10 atom stereocenters. The first-order chi connectivity index (χ1) is 10.3. The van der Waals surface area contributed by atoms with Crippen LogP contribution < -0.4 is 0 Å². The van der Waals surface area contributed by atoms with E-state index in [-0.39, 0.29) is 12.0 Å². The molecule has 7 heteroatoms. The zero-order valence-electron chi connectivity index (χ0n) is 11.5. The number of ether oxygens (including phenoxy) is 1. The van der Waals surface area contributed by atoms with Gasteiger partial charge in [-0.3, -0.25) is 0 Å². The highest BCUT2D eigenvalue weighted by Gasteiger charge is 2.87. The third-order valence-electron chi connectivity index (χ3n) is 7.57. The molecule has 0 radical (unpaired) electrons. The molecule has 0 N–H and O–H groups in total. The van der Waals surface area contributed by atoms with Gasteiger partial charge >= 0.3 is 12.1 Å². The monoisotopic (exact) mass is 538 g/mol. The maximum atomic E-state index is 12.3. The lowest BCUT2D eigenvalue weighted by Crippen LogP contribution is -2.41. The van der Waals surface area contributed by atoms with Gasteiger partial charge in [-0.2, -0.15) is 13.2 Å². The number of carbonyl (C=O) groups excluding carboxylic acids is 1. The van der Waals surface area contributed by atoms with Crippen LogP contribution in [-0.4, -0.2) is 26.6 Å². The summed E-state index contributed by atoms with van der Waals surface area (Å²) in [7, 11) is 0. The summed E-state index contributed by atoms with van der Waals surface area (Å²) in [6.07, 6.45) is -2.89. The Kier molecular flexibility index (Phi) is 2.92. The Morgan fingerprint density at radius 3 is 2.55 bits per heavy atom. The van der Waals surface area contributed by atoms with Crippen LogP contribution in [0.2, 0.25) is 0 Å². The average Bonchev–Trinajstić information content (AvgIpc) is 3.14. The second kappa shape index (κ2) is 4.27. The number of halogens is 5. The molecule has 0 aromatic rings. The number of alkyl halides is 5. The lowest BCUT2D eigenvalue weighted by Gasteiger charge is -2.42. The molecule has 6 rings (SSSR count). The van der Waals surface area contributed by atoms with Crippen molar-refractivity contribution in [1.82, 2.24) is 0 Å². The summed E-state index contributed by atoms with van der Waals surface area (Å²) >= 11 is 5.18. The van der Waals surface area contributed by atoms with Crippen LogP contribution in [-0.2, 0) is 9.53 Å². The van der Waals surface area contributed by atoms with E-state index in [9.17, 15) is 18.0 Å². The zero-order valence-corrected chi connectivity index (χ0v) is 15.8. The Labute approximate surface area is 153 Å². The molecule has 6 bridgehead atoms. The van der Waals surface area contributed by atoms with Gasteiger partial charge in [0, 0.05) is 7.85 Å². The van der Waals surface area contributed by atoms with E-state index in [1.807, 2.05) is 0 Å². The molecule has 0 saturated heterocycles. The fourth-order valence-electron chi connectivity index (χ4n) is 7.59. The van der Waals surface area contributed by atoms with E-state index in [1.54, 1.807) is 0 Å². The minimum absolute atomic E-state index is 0.0717. The minimum Gasteiger partial charge on any atom is -0.459 e. The van der Waals surface area contributed by atoms with Gasteiger partial charge in [-0.15, -0.1) is 0 Å². The highest BCUT2D eigenvalue weighted by molar-refractivity contribution is 14.1. The summed E-state index contributed by atoms with van der Waals surface area (Å²) in [5, 5.41) is 0. The maximum Gasteiger partial charge on any atom is 0.490 e. The number of esters is 1. The minimum atomic E-state index is -4.87. The molecule has 0 aromatic heterocycles. The first kappa shape index (κ1) is 15.0. The van der Waals surface area contributed by atoms with Crippen molar-refractivity contribution >= 4 is 51.2 Å². The summed E-state index contributed by atoms with van der Waals surface area (Å²) in [5.41, 5.74) is 0.149. The summed E-state index contributed by atoms with van der Waals surface area (Å²) in [6, 6.07) is 0. The van der Waals surface area contributed by atoms with E-state index in [2.05, 4.69) is 49.9 Å². The molecule has 2 nitrogen and oxygen atoms in total. The second-order valence-electron chi connectivity index (χ2n) is 7.69. The van der Waals surface area contributed by atoms with Crippen LogP contribution in [0.1, 0.15) is 12.8 Å². The van der Waals surface area contributed by atoms with Gasteiger partial charge in [0.2, 0.25) is 0 Å². The fraction of sp³-hybridized carbons (Fsp3) is 0.933. The molecule has 0 aromatic carbocycles. The normalized spacial score (nSPS) is 59.2. The van der Waals surface area contributed by atoms with Crippen molar-refractivity contribution in [3.8, 4) is 0 Å². The van der Waals surface area contributed by atoms with Crippen molar-refractivity contribution in [2.75, 3.05) is 6.61 Å². The van der Waals surface area contributed by atoms with E-state index >= 15 is 0 Å². The molecule has 22 heavy (non-hydrogen) atoms. The van der Waals surface area contributed by atoms with Crippen LogP contribution in [0.5, 0.6) is 0 Å². The quantitative estimate of drug-likeness (QED) is 0.311. The number of hydrogen-bond acceptors (Lipinski definition) is 2. The van der Waals surface area contributed by atoms with Crippen LogP contribution in [0, 0.1) is 46.8 Å². The standard InChI is InChI=1S/C15H15F3I2O2/c16-15(17,18)13(21)22-2-1-14-9-5-3-4-6(7(5)12(14)20)10(14)11(19)8(4)9/h4-12H,1-3H2/t4-,5-,6-,7+,8+,9+,10-,11+,12+,14-/m0/s1. The van der Waals surface area contributed by atoms with Crippen LogP contribution in [0.25, 0.3) is 0 Å². The van der Waals surface area contributed by atoms with Gasteiger partial charge in [0.1, 0.15) is 0 Å². The molecular weight excluding hydrogens is 523 g/mol. The van der Waals surface area contributed by atoms with E-state index in [0.29, 0.717) is 26.1 Å². The van der Waals surface area contributed by atoms with Gasteiger partial charge in [-0.05, 0) is 59.7 Å². The van der Waals surface area contributed by atoms with E-state index in [1.165, 1.54) is 6.42 Å². The van der Waals surface area contributed by atoms with Gasteiger partial charge in [0.15, 0.2) is 0 Å². The highest BCUT2D eigenvalue weighted by Crippen LogP contribution is 2.89. The molecule has 6 saturated carbocycles. The summed E-state index contributed by atoms with van der Waals surface area (Å²) in [4.78, 5) is 11.0. The summed E-state index contributed by atoms with van der Waals surface area (Å²) in [5.74, 6) is 3.38. The topological polar surface area (TPSA) is 26.3 Å². The summed E-state index contributed by atoms with van der Waals surface area (Å²) < 4.78 is 42.7. The summed E-state index contributed by atoms with van der Waals surface area (Å²) in [6.45, 7) is -0.0717. The van der Waals surface area contributed by atoms with Crippen molar-refractivity contribution in [2.45, 2.75) is 26.9 Å². The van der Waals surface area contributed by atoms with E-state index in [4.69, 9.17) is 0 Å². The molecule has 0 heterocycles. The van der Waals surface area contributed by atoms with Crippen LogP contribution in [0.4, 0.5) is 13.2 Å². The Morgan fingerprint density at radius 1 is 1.14 bits per heavy atom. The molecule has 0 aliphatic heterocycles. The molecule has 0 amide bonds. The first-order valence-electron chi connectivity index (χ1n) is 7.82. The molecule has 0 spiro atoms. The number of hydrogen-bond donors (Lipinski definition) is 0. The SMILES string of the molecule is O=C(OCC[C@]12[C@@H]3[C@H](I)[C@@H]4[C@H]5C[C@@H]([C@H]([C@H]53)[C@H]1I)[C@H]42)C(F)(F)F. The molecule has 6 aliphatic carbocycles. The van der Waals surface area contributed by atoms with Gasteiger partial charge in [-0.25, -0.2) is 4.79 Å². The number of rotatable bonds is 3. The lowest BCUT2D eigenvalue weighted by atomic mass is 9.62. The molecule has 6 fully saturated rings. The molecule has 6 aliphatic rings. The molecular formula is C15H15F3I2O2. The third kappa shape index (κ3) is 1.41. The maximum absolute atomic E-state index is 12.3. The predicted molar refractivity (Wildman–Crippen MR) is 88.7 cm³/mol. The van der Waals surface area contributed by atoms with Crippen molar-refractivity contribution in [3.63, 3.8) is 0 Å². The fourth-order valence-corrected chi connectivity index (χ4v) is 11.9. The highest BCUT2D eigenvalue weighted by atomic mass is 127. The first-order valence-corrected chi connectivity index (χ1v) is 10.3. The average molecular weight is 538 g/mol. The second-order valence-corrected chi connectivity index (χ2v) is 10.5. The molecule has 122 valence electrons. The smallest absolute Gasteiger partial charge is 0.459 e. The van der Waals surface area contributed by atoms with Crippen molar-refractivity contribution < 1.29 is 22.7 Å². The zero-order chi connectivity index (χ0) is 15.6. The van der Waals surface area contributed by atoms with Crippen LogP contribution in [0.3, 0.4) is 0 Å². The van der Waals surface area contributed by atoms with Crippen molar-refractivity contribution in [2.24, 2.45) is 46.8 Å². The third-order valence-corrected chi connectivity index (χ3v) is 11.2. The predicted octanol–water partition coefficient (Wildman–Crippen LogP) is 3.85. The Bertz CT molecular complexity index is 563. The van der Waals surface area contributed by atoms with Gasteiger partial charge in [0.25, 0.3) is 0 Å². The Morgan fingerprint density at radius 2 is 1.86 bits per heavy atom. The van der Waals surface area contributed by atoms with Gasteiger partial charge in [-0.1, -0.05) is 45.2 Å². The molecule has 0 unspecified atom stereocenters. The lowest BCUT2D eigenvalue weighted by molar-refractivity contribution is -0.200. The Balaban J connectivity index is 1.39. The van der Waals surface area contributed by atoms with E-state index < -0.39 is 12.1 Å². The largest absolute Gasteiger partial charge is 0.490 e. The van der Waals surface area contributed by atoms with Crippen LogP contribution in [0.15, 0.2) is 0 Å². The Hall–Kier alpha value is 0.720. The number of carbonyl (C=O) groups is 1. The van der Waals surface area contributed by atoms with Crippen LogP contribution >= 0.6 is 45.2 Å². The van der Waals surface area contributed by atoms with E-state index in [0.717, 1.165) is 29.6 Å².